The number of piperidine rings is 1. The zero-order valence-corrected chi connectivity index (χ0v) is 9.66. The smallest absolute Gasteiger partial charge is 0.214 e. The maximum atomic E-state index is 11.5. The highest BCUT2D eigenvalue weighted by Gasteiger charge is 2.36. The summed E-state index contributed by atoms with van der Waals surface area (Å²) < 4.78 is 25.8. The van der Waals surface area contributed by atoms with Crippen LogP contribution in [-0.2, 0) is 10.0 Å². The van der Waals surface area contributed by atoms with Crippen molar-refractivity contribution in [1.29, 1.82) is 0 Å². The van der Waals surface area contributed by atoms with Crippen molar-refractivity contribution in [3.05, 3.63) is 0 Å². The van der Waals surface area contributed by atoms with Crippen LogP contribution in [0.3, 0.4) is 0 Å². The average molecular weight is 241 g/mol. The maximum absolute atomic E-state index is 11.5. The van der Waals surface area contributed by atoms with Gasteiger partial charge in [0.25, 0.3) is 0 Å². The zero-order chi connectivity index (χ0) is 9.31. The molecule has 6 heteroatoms. The van der Waals surface area contributed by atoms with Crippen LogP contribution >= 0.6 is 12.4 Å². The van der Waals surface area contributed by atoms with E-state index in [0.717, 1.165) is 38.8 Å². The van der Waals surface area contributed by atoms with Crippen molar-refractivity contribution >= 4 is 22.4 Å². The molecule has 1 aliphatic heterocycles. The molecule has 4 nitrogen and oxygen atoms in total. The number of rotatable bonds is 3. The molecule has 2 aliphatic rings. The van der Waals surface area contributed by atoms with Gasteiger partial charge in [0.2, 0.25) is 10.0 Å². The summed E-state index contributed by atoms with van der Waals surface area (Å²) in [7, 11) is -2.98. The van der Waals surface area contributed by atoms with Crippen LogP contribution in [-0.4, -0.2) is 32.8 Å². The summed E-state index contributed by atoms with van der Waals surface area (Å²) in [6.45, 7) is 1.80. The van der Waals surface area contributed by atoms with Crippen LogP contribution in [0.4, 0.5) is 0 Å². The molecule has 0 radical (unpaired) electrons. The average Bonchev–Trinajstić information content (AvgIpc) is 2.87. The molecule has 2 N–H and O–H groups in total. The lowest BCUT2D eigenvalue weighted by Gasteiger charge is -2.23. The van der Waals surface area contributed by atoms with Crippen molar-refractivity contribution in [2.75, 3.05) is 13.1 Å². The first-order valence-electron chi connectivity index (χ1n) is 4.90. The fourth-order valence-electron chi connectivity index (χ4n) is 1.66. The van der Waals surface area contributed by atoms with Crippen molar-refractivity contribution in [3.8, 4) is 0 Å². The standard InChI is InChI=1S/C8H16N2O2S.ClH/c11-13(12,8-3-4-8)10-7-2-1-5-9-6-7;/h7-10H,1-6H2;1H/t7-;/m1./s1. The van der Waals surface area contributed by atoms with Crippen molar-refractivity contribution < 1.29 is 8.42 Å². The Morgan fingerprint density at radius 3 is 2.43 bits per heavy atom. The van der Waals surface area contributed by atoms with E-state index in [-0.39, 0.29) is 23.7 Å². The maximum Gasteiger partial charge on any atom is 0.214 e. The van der Waals surface area contributed by atoms with Crippen LogP contribution in [0.2, 0.25) is 0 Å². The van der Waals surface area contributed by atoms with E-state index in [4.69, 9.17) is 0 Å². The number of sulfonamides is 1. The Labute approximate surface area is 91.3 Å². The molecular formula is C8H17ClN2O2S. The van der Waals surface area contributed by atoms with E-state index in [1.165, 1.54) is 0 Å². The first-order chi connectivity index (χ1) is 6.18. The molecule has 2 rings (SSSR count). The van der Waals surface area contributed by atoms with Crippen molar-refractivity contribution in [2.24, 2.45) is 0 Å². The lowest BCUT2D eigenvalue weighted by molar-refractivity contribution is 0.428. The van der Waals surface area contributed by atoms with Crippen molar-refractivity contribution in [1.82, 2.24) is 10.0 Å². The summed E-state index contributed by atoms with van der Waals surface area (Å²) in [6, 6.07) is 0.124. The van der Waals surface area contributed by atoms with E-state index in [1.807, 2.05) is 0 Å². The molecule has 2 fully saturated rings. The van der Waals surface area contributed by atoms with Crippen LogP contribution in [0.1, 0.15) is 25.7 Å². The van der Waals surface area contributed by atoms with Gasteiger partial charge in [-0.15, -0.1) is 12.4 Å². The number of halogens is 1. The molecule has 1 saturated carbocycles. The van der Waals surface area contributed by atoms with Crippen LogP contribution in [0.5, 0.6) is 0 Å². The second-order valence-corrected chi connectivity index (χ2v) is 5.90. The zero-order valence-electron chi connectivity index (χ0n) is 8.03. The van der Waals surface area contributed by atoms with E-state index in [9.17, 15) is 8.42 Å². The van der Waals surface area contributed by atoms with Gasteiger partial charge in [0, 0.05) is 12.6 Å². The summed E-state index contributed by atoms with van der Waals surface area (Å²) in [5.41, 5.74) is 0. The third-order valence-electron chi connectivity index (χ3n) is 2.59. The molecule has 1 saturated heterocycles. The first-order valence-corrected chi connectivity index (χ1v) is 6.45. The molecular weight excluding hydrogens is 224 g/mol. The first kappa shape index (κ1) is 12.2. The third-order valence-corrected chi connectivity index (χ3v) is 4.60. The van der Waals surface area contributed by atoms with Crippen molar-refractivity contribution in [2.45, 2.75) is 37.0 Å². The van der Waals surface area contributed by atoms with Gasteiger partial charge in [-0.25, -0.2) is 13.1 Å². The van der Waals surface area contributed by atoms with Gasteiger partial charge in [-0.1, -0.05) is 0 Å². The fraction of sp³-hybridized carbons (Fsp3) is 1.00. The number of hydrogen-bond acceptors (Lipinski definition) is 3. The molecule has 84 valence electrons. The van der Waals surface area contributed by atoms with E-state index in [0.29, 0.717) is 0 Å². The molecule has 14 heavy (non-hydrogen) atoms. The van der Waals surface area contributed by atoms with E-state index in [1.54, 1.807) is 0 Å². The van der Waals surface area contributed by atoms with Gasteiger partial charge in [0.05, 0.1) is 5.25 Å². The predicted octanol–water partition coefficient (Wildman–Crippen LogP) is 0.242. The minimum absolute atomic E-state index is 0. The molecule has 1 atom stereocenters. The second-order valence-electron chi connectivity index (χ2n) is 3.91. The Morgan fingerprint density at radius 2 is 1.93 bits per heavy atom. The second kappa shape index (κ2) is 4.79. The Kier molecular flexibility index (Phi) is 4.18. The van der Waals surface area contributed by atoms with Crippen LogP contribution in [0.25, 0.3) is 0 Å². The van der Waals surface area contributed by atoms with Gasteiger partial charge in [0.15, 0.2) is 0 Å². The molecule has 0 aromatic carbocycles. The van der Waals surface area contributed by atoms with Crippen molar-refractivity contribution in [3.63, 3.8) is 0 Å². The summed E-state index contributed by atoms with van der Waals surface area (Å²) in [6.07, 6.45) is 3.72. The topological polar surface area (TPSA) is 58.2 Å². The lowest BCUT2D eigenvalue weighted by atomic mass is 10.1. The van der Waals surface area contributed by atoms with E-state index < -0.39 is 10.0 Å². The van der Waals surface area contributed by atoms with E-state index >= 15 is 0 Å². The van der Waals surface area contributed by atoms with Gasteiger partial charge in [-0.05, 0) is 32.2 Å². The van der Waals surface area contributed by atoms with Gasteiger partial charge in [0.1, 0.15) is 0 Å². The Bertz CT molecular complexity index is 271. The summed E-state index contributed by atoms with van der Waals surface area (Å²) in [5, 5.41) is 3.10. The highest BCUT2D eigenvalue weighted by atomic mass is 35.5. The molecule has 0 bridgehead atoms. The Morgan fingerprint density at radius 1 is 1.21 bits per heavy atom. The lowest BCUT2D eigenvalue weighted by Crippen LogP contribution is -2.46. The third kappa shape index (κ3) is 3.08. The van der Waals surface area contributed by atoms with Crippen LogP contribution in [0, 0.1) is 0 Å². The SMILES string of the molecule is Cl.O=S(=O)(N[C@@H]1CCCNC1)C1CC1. The van der Waals surface area contributed by atoms with E-state index in [2.05, 4.69) is 10.0 Å². The molecule has 1 aliphatic carbocycles. The number of hydrogen-bond donors (Lipinski definition) is 2. The fourth-order valence-corrected chi connectivity index (χ4v) is 3.27. The molecule has 0 unspecified atom stereocenters. The van der Waals surface area contributed by atoms with Crippen LogP contribution < -0.4 is 10.0 Å². The van der Waals surface area contributed by atoms with Gasteiger partial charge < -0.3 is 5.32 Å². The normalized spacial score (nSPS) is 28.1. The van der Waals surface area contributed by atoms with Gasteiger partial charge >= 0.3 is 0 Å². The molecule has 0 amide bonds. The Balaban J connectivity index is 0.000000980. The largest absolute Gasteiger partial charge is 0.315 e. The molecule has 0 spiro atoms. The highest BCUT2D eigenvalue weighted by Crippen LogP contribution is 2.27. The monoisotopic (exact) mass is 240 g/mol. The van der Waals surface area contributed by atoms with Gasteiger partial charge in [-0.3, -0.25) is 0 Å². The number of nitrogens with one attached hydrogen (secondary N) is 2. The highest BCUT2D eigenvalue weighted by molar-refractivity contribution is 7.90. The van der Waals surface area contributed by atoms with Crippen LogP contribution in [0.15, 0.2) is 0 Å². The molecule has 0 aromatic heterocycles. The molecule has 0 aromatic rings. The summed E-state index contributed by atoms with van der Waals surface area (Å²) in [5.74, 6) is 0. The summed E-state index contributed by atoms with van der Waals surface area (Å²) >= 11 is 0. The summed E-state index contributed by atoms with van der Waals surface area (Å²) in [4.78, 5) is 0. The van der Waals surface area contributed by atoms with Gasteiger partial charge in [-0.2, -0.15) is 0 Å². The minimum Gasteiger partial charge on any atom is -0.315 e. The predicted molar refractivity (Wildman–Crippen MR) is 58.2 cm³/mol. The quantitative estimate of drug-likeness (QED) is 0.743. The molecule has 1 heterocycles. The minimum atomic E-state index is -2.98. The Hall–Kier alpha value is 0.160.